The molecule has 144 valence electrons. The molecule has 0 saturated heterocycles. The number of para-hydroxylation sites is 1. The first kappa shape index (κ1) is 19.6. The number of ether oxygens (including phenoxy) is 2. The van der Waals surface area contributed by atoms with Crippen LogP contribution in [0.3, 0.4) is 0 Å². The van der Waals surface area contributed by atoms with Gasteiger partial charge in [-0.3, -0.25) is 4.79 Å². The van der Waals surface area contributed by atoms with E-state index < -0.39 is 5.95 Å². The van der Waals surface area contributed by atoms with Gasteiger partial charge in [-0.15, -0.1) is 0 Å². The zero-order chi connectivity index (χ0) is 20.1. The van der Waals surface area contributed by atoms with E-state index in [9.17, 15) is 9.18 Å². The van der Waals surface area contributed by atoms with Gasteiger partial charge in [0.25, 0.3) is 0 Å². The van der Waals surface area contributed by atoms with Crippen molar-refractivity contribution in [3.8, 4) is 17.4 Å². The third-order valence-corrected chi connectivity index (χ3v) is 4.28. The Morgan fingerprint density at radius 1 is 1.11 bits per heavy atom. The fraction of sp³-hybridized carbons (Fsp3) is 0.143. The lowest BCUT2D eigenvalue weighted by Crippen LogP contribution is -2.28. The molecule has 5 nitrogen and oxygen atoms in total. The second kappa shape index (κ2) is 8.71. The fourth-order valence-electron chi connectivity index (χ4n) is 2.68. The molecule has 1 amide bonds. The predicted octanol–water partition coefficient (Wildman–Crippen LogP) is 5.23. The highest BCUT2D eigenvalue weighted by molar-refractivity contribution is 6.30. The summed E-state index contributed by atoms with van der Waals surface area (Å²) in [4.78, 5) is 17.7. The smallest absolute Gasteiger partial charge is 0.246 e. The van der Waals surface area contributed by atoms with E-state index >= 15 is 0 Å². The van der Waals surface area contributed by atoms with Crippen molar-refractivity contribution in [2.24, 2.45) is 0 Å². The minimum atomic E-state index is -0.714. The van der Waals surface area contributed by atoms with E-state index in [-0.39, 0.29) is 18.3 Å². The van der Waals surface area contributed by atoms with E-state index in [1.165, 1.54) is 24.0 Å². The van der Waals surface area contributed by atoms with Crippen LogP contribution in [0.2, 0.25) is 5.02 Å². The summed E-state index contributed by atoms with van der Waals surface area (Å²) in [7, 11) is 1.56. The number of methoxy groups -OCH3 is 1. The van der Waals surface area contributed by atoms with Crippen LogP contribution in [-0.2, 0) is 11.3 Å². The summed E-state index contributed by atoms with van der Waals surface area (Å²) in [6, 6.07) is 16.6. The fourth-order valence-corrected chi connectivity index (χ4v) is 2.80. The van der Waals surface area contributed by atoms with Crippen LogP contribution < -0.4 is 14.4 Å². The molecule has 0 aliphatic rings. The number of hydrogen-bond acceptors (Lipinski definition) is 4. The summed E-state index contributed by atoms with van der Waals surface area (Å²) < 4.78 is 24.9. The highest BCUT2D eigenvalue weighted by atomic mass is 35.5. The van der Waals surface area contributed by atoms with Gasteiger partial charge in [0.1, 0.15) is 17.2 Å². The molecule has 3 rings (SSSR count). The average molecular weight is 401 g/mol. The van der Waals surface area contributed by atoms with E-state index in [4.69, 9.17) is 21.1 Å². The van der Waals surface area contributed by atoms with Crippen molar-refractivity contribution in [1.82, 2.24) is 4.98 Å². The Hall–Kier alpha value is -3.12. The monoisotopic (exact) mass is 400 g/mol. The number of amides is 1. The maximum Gasteiger partial charge on any atom is 0.246 e. The minimum Gasteiger partial charge on any atom is -0.496 e. The molecule has 1 aromatic heterocycles. The lowest BCUT2D eigenvalue weighted by atomic mass is 10.1. The lowest BCUT2D eigenvalue weighted by Gasteiger charge is -2.24. The van der Waals surface area contributed by atoms with Crippen LogP contribution in [0.15, 0.2) is 60.7 Å². The van der Waals surface area contributed by atoms with Gasteiger partial charge in [-0.05, 0) is 42.5 Å². The number of carbonyl (C=O) groups excluding carboxylic acids is 1. The van der Waals surface area contributed by atoms with Gasteiger partial charge >= 0.3 is 0 Å². The molecule has 0 atom stereocenters. The molecule has 0 aliphatic heterocycles. The molecule has 0 aliphatic carbocycles. The van der Waals surface area contributed by atoms with Gasteiger partial charge in [-0.25, -0.2) is 0 Å². The van der Waals surface area contributed by atoms with Gasteiger partial charge in [0.15, 0.2) is 0 Å². The molecule has 0 spiro atoms. The average Bonchev–Trinajstić information content (AvgIpc) is 2.68. The number of benzene rings is 2. The minimum absolute atomic E-state index is 0.0209. The van der Waals surface area contributed by atoms with Gasteiger partial charge in [0.05, 0.1) is 13.7 Å². The molecule has 0 bridgehead atoms. The Bertz CT molecular complexity index is 980. The van der Waals surface area contributed by atoms with E-state index in [1.54, 1.807) is 31.4 Å². The third-order valence-electron chi connectivity index (χ3n) is 4.03. The van der Waals surface area contributed by atoms with Crippen LogP contribution in [0.1, 0.15) is 12.5 Å². The van der Waals surface area contributed by atoms with E-state index in [2.05, 4.69) is 4.98 Å². The summed E-state index contributed by atoms with van der Waals surface area (Å²) >= 11 is 5.89. The summed E-state index contributed by atoms with van der Waals surface area (Å²) in [6.45, 7) is 1.63. The Morgan fingerprint density at radius 2 is 1.82 bits per heavy atom. The van der Waals surface area contributed by atoms with Crippen LogP contribution in [0.4, 0.5) is 10.1 Å². The molecule has 0 fully saturated rings. The predicted molar refractivity (Wildman–Crippen MR) is 106 cm³/mol. The second-order valence-corrected chi connectivity index (χ2v) is 6.37. The van der Waals surface area contributed by atoms with Crippen molar-refractivity contribution in [2.45, 2.75) is 13.5 Å². The van der Waals surface area contributed by atoms with Crippen molar-refractivity contribution in [2.75, 3.05) is 12.0 Å². The Balaban J connectivity index is 1.98. The van der Waals surface area contributed by atoms with Crippen LogP contribution in [-0.4, -0.2) is 18.0 Å². The summed E-state index contributed by atoms with van der Waals surface area (Å²) in [5.41, 5.74) is 1.14. The molecule has 0 radical (unpaired) electrons. The third kappa shape index (κ3) is 4.58. The van der Waals surface area contributed by atoms with Gasteiger partial charge in [-0.2, -0.15) is 9.37 Å². The summed E-state index contributed by atoms with van der Waals surface area (Å²) in [5.74, 6) is 0.0785. The normalized spacial score (nSPS) is 10.4. The van der Waals surface area contributed by atoms with Crippen molar-refractivity contribution in [3.05, 3.63) is 77.2 Å². The quantitative estimate of drug-likeness (QED) is 0.532. The zero-order valence-corrected chi connectivity index (χ0v) is 16.1. The van der Waals surface area contributed by atoms with Gasteiger partial charge in [-0.1, -0.05) is 29.8 Å². The first-order valence-electron chi connectivity index (χ1n) is 8.48. The highest BCUT2D eigenvalue weighted by Crippen LogP contribution is 2.33. The maximum absolute atomic E-state index is 13.8. The second-order valence-electron chi connectivity index (χ2n) is 5.93. The molecule has 3 aromatic rings. The largest absolute Gasteiger partial charge is 0.496 e. The lowest BCUT2D eigenvalue weighted by molar-refractivity contribution is -0.116. The number of carbonyl (C=O) groups is 1. The summed E-state index contributed by atoms with van der Waals surface area (Å²) in [6.07, 6.45) is 0. The Morgan fingerprint density at radius 3 is 2.50 bits per heavy atom. The standard InChI is InChI=1S/C21H18ClFN2O3/c1-14(26)25(13-15-5-3-4-6-19(15)27-2)18-11-12-20(23)24-21(18)28-17-9-7-16(22)8-10-17/h3-12H,13H2,1-2H3. The molecule has 0 N–H and O–H groups in total. The van der Waals surface area contributed by atoms with E-state index in [1.807, 2.05) is 24.3 Å². The van der Waals surface area contributed by atoms with Crippen LogP contribution in [0, 0.1) is 5.95 Å². The van der Waals surface area contributed by atoms with Crippen molar-refractivity contribution < 1.29 is 18.7 Å². The molecule has 2 aromatic carbocycles. The van der Waals surface area contributed by atoms with Crippen LogP contribution >= 0.6 is 11.6 Å². The molecule has 0 unspecified atom stereocenters. The first-order chi connectivity index (χ1) is 13.5. The van der Waals surface area contributed by atoms with Crippen LogP contribution in [0.25, 0.3) is 0 Å². The molecule has 7 heteroatoms. The maximum atomic E-state index is 13.8. The number of pyridine rings is 1. The van der Waals surface area contributed by atoms with E-state index in [0.29, 0.717) is 22.2 Å². The van der Waals surface area contributed by atoms with Crippen molar-refractivity contribution in [1.29, 1.82) is 0 Å². The first-order valence-corrected chi connectivity index (χ1v) is 8.85. The Kier molecular flexibility index (Phi) is 6.11. The molecule has 1 heterocycles. The van der Waals surface area contributed by atoms with E-state index in [0.717, 1.165) is 5.56 Å². The topological polar surface area (TPSA) is 51.7 Å². The number of halogens is 2. The molecule has 28 heavy (non-hydrogen) atoms. The number of nitrogens with zero attached hydrogens (tertiary/aromatic N) is 2. The number of rotatable bonds is 6. The number of hydrogen-bond donors (Lipinski definition) is 0. The van der Waals surface area contributed by atoms with Crippen molar-refractivity contribution in [3.63, 3.8) is 0 Å². The number of aromatic nitrogens is 1. The molecular formula is C21H18ClFN2O3. The molecular weight excluding hydrogens is 383 g/mol. The molecule has 0 saturated carbocycles. The van der Waals surface area contributed by atoms with Gasteiger partial charge in [0.2, 0.25) is 17.7 Å². The Labute approximate surface area is 167 Å². The van der Waals surface area contributed by atoms with Gasteiger partial charge in [0, 0.05) is 17.5 Å². The summed E-state index contributed by atoms with van der Waals surface area (Å²) in [5, 5.41) is 0.543. The van der Waals surface area contributed by atoms with Gasteiger partial charge < -0.3 is 14.4 Å². The van der Waals surface area contributed by atoms with Crippen molar-refractivity contribution >= 4 is 23.2 Å². The number of anilines is 1. The van der Waals surface area contributed by atoms with Crippen LogP contribution in [0.5, 0.6) is 17.4 Å². The SMILES string of the molecule is COc1ccccc1CN(C(C)=O)c1ccc(F)nc1Oc1ccc(Cl)cc1. The zero-order valence-electron chi connectivity index (χ0n) is 15.4. The highest BCUT2D eigenvalue weighted by Gasteiger charge is 2.21.